The molecule has 0 saturated heterocycles. The van der Waals surface area contributed by atoms with Gasteiger partial charge in [-0.15, -0.1) is 10.2 Å². The molecule has 4 nitrogen and oxygen atoms in total. The van der Waals surface area contributed by atoms with Gasteiger partial charge in [0, 0.05) is 25.3 Å². The van der Waals surface area contributed by atoms with E-state index < -0.39 is 0 Å². The molecule has 0 radical (unpaired) electrons. The van der Waals surface area contributed by atoms with Crippen molar-refractivity contribution >= 4 is 5.69 Å². The summed E-state index contributed by atoms with van der Waals surface area (Å²) < 4.78 is 5.80. The second-order valence-electron chi connectivity index (χ2n) is 4.69. The molecule has 0 aliphatic carbocycles. The second-order valence-corrected chi connectivity index (χ2v) is 4.69. The SMILES string of the molecule is CN(C)c1ccccc1-c1nnc(-c2ccccc2)o1. The number of rotatable bonds is 3. The van der Waals surface area contributed by atoms with Gasteiger partial charge in [-0.3, -0.25) is 0 Å². The van der Waals surface area contributed by atoms with Gasteiger partial charge in [0.25, 0.3) is 0 Å². The summed E-state index contributed by atoms with van der Waals surface area (Å²) >= 11 is 0. The van der Waals surface area contributed by atoms with Crippen molar-refractivity contribution in [2.75, 3.05) is 19.0 Å². The first-order chi connectivity index (χ1) is 9.75. The Bertz CT molecular complexity index is 705. The number of para-hydroxylation sites is 1. The molecule has 0 amide bonds. The highest BCUT2D eigenvalue weighted by Gasteiger charge is 2.14. The van der Waals surface area contributed by atoms with Crippen molar-refractivity contribution in [2.24, 2.45) is 0 Å². The predicted octanol–water partition coefficient (Wildman–Crippen LogP) is 3.47. The molecular weight excluding hydrogens is 250 g/mol. The highest BCUT2D eigenvalue weighted by molar-refractivity contribution is 5.73. The first-order valence-electron chi connectivity index (χ1n) is 6.41. The van der Waals surface area contributed by atoms with Crippen LogP contribution in [0.5, 0.6) is 0 Å². The van der Waals surface area contributed by atoms with E-state index in [0.29, 0.717) is 11.8 Å². The number of anilines is 1. The zero-order valence-corrected chi connectivity index (χ0v) is 11.4. The van der Waals surface area contributed by atoms with Crippen LogP contribution in [-0.4, -0.2) is 24.3 Å². The van der Waals surface area contributed by atoms with E-state index in [9.17, 15) is 0 Å². The summed E-state index contributed by atoms with van der Waals surface area (Å²) in [5.74, 6) is 1.07. The fourth-order valence-electron chi connectivity index (χ4n) is 2.07. The minimum atomic E-state index is 0.535. The Morgan fingerprint density at radius 2 is 1.45 bits per heavy atom. The Hall–Kier alpha value is -2.62. The van der Waals surface area contributed by atoms with Crippen LogP contribution >= 0.6 is 0 Å². The number of aromatic nitrogens is 2. The lowest BCUT2D eigenvalue weighted by molar-refractivity contribution is 0.584. The maximum absolute atomic E-state index is 5.80. The molecule has 0 saturated carbocycles. The zero-order chi connectivity index (χ0) is 13.9. The predicted molar refractivity (Wildman–Crippen MR) is 79.5 cm³/mol. The van der Waals surface area contributed by atoms with Gasteiger partial charge in [-0.2, -0.15) is 0 Å². The summed E-state index contributed by atoms with van der Waals surface area (Å²) in [7, 11) is 3.99. The minimum absolute atomic E-state index is 0.535. The average Bonchev–Trinajstić information content (AvgIpc) is 2.98. The van der Waals surface area contributed by atoms with E-state index in [0.717, 1.165) is 16.8 Å². The third-order valence-electron chi connectivity index (χ3n) is 3.06. The summed E-state index contributed by atoms with van der Waals surface area (Å²) in [5.41, 5.74) is 2.91. The molecule has 0 bridgehead atoms. The average molecular weight is 265 g/mol. The van der Waals surface area contributed by atoms with Gasteiger partial charge in [0.1, 0.15) is 0 Å². The van der Waals surface area contributed by atoms with Crippen LogP contribution in [0.15, 0.2) is 59.0 Å². The normalized spacial score (nSPS) is 10.5. The standard InChI is InChI=1S/C16H15N3O/c1-19(2)14-11-7-6-10-13(14)16-18-17-15(20-16)12-8-4-3-5-9-12/h3-11H,1-2H3. The quantitative estimate of drug-likeness (QED) is 0.727. The van der Waals surface area contributed by atoms with Gasteiger partial charge in [-0.25, -0.2) is 0 Å². The zero-order valence-electron chi connectivity index (χ0n) is 11.4. The van der Waals surface area contributed by atoms with E-state index in [-0.39, 0.29) is 0 Å². The van der Waals surface area contributed by atoms with Crippen LogP contribution in [0, 0.1) is 0 Å². The summed E-state index contributed by atoms with van der Waals surface area (Å²) in [6.45, 7) is 0. The smallest absolute Gasteiger partial charge is 0.250 e. The molecule has 0 N–H and O–H groups in total. The van der Waals surface area contributed by atoms with E-state index in [1.165, 1.54) is 0 Å². The molecule has 0 fully saturated rings. The van der Waals surface area contributed by atoms with Crippen LogP contribution < -0.4 is 4.90 Å². The van der Waals surface area contributed by atoms with E-state index in [1.807, 2.05) is 73.6 Å². The second kappa shape index (κ2) is 5.17. The number of nitrogens with zero attached hydrogens (tertiary/aromatic N) is 3. The molecule has 1 heterocycles. The van der Waals surface area contributed by atoms with Gasteiger partial charge in [0.05, 0.1) is 5.56 Å². The van der Waals surface area contributed by atoms with E-state index >= 15 is 0 Å². The Morgan fingerprint density at radius 1 is 0.800 bits per heavy atom. The Kier molecular flexibility index (Phi) is 3.21. The van der Waals surface area contributed by atoms with Crippen molar-refractivity contribution in [2.45, 2.75) is 0 Å². The molecule has 0 aliphatic rings. The lowest BCUT2D eigenvalue weighted by Gasteiger charge is -2.14. The van der Waals surface area contributed by atoms with Crippen molar-refractivity contribution in [3.05, 3.63) is 54.6 Å². The van der Waals surface area contributed by atoms with E-state index in [1.54, 1.807) is 0 Å². The van der Waals surface area contributed by atoms with Crippen molar-refractivity contribution in [3.63, 3.8) is 0 Å². The van der Waals surface area contributed by atoms with Crippen LogP contribution in [-0.2, 0) is 0 Å². The van der Waals surface area contributed by atoms with Crippen LogP contribution in [0.1, 0.15) is 0 Å². The minimum Gasteiger partial charge on any atom is -0.416 e. The van der Waals surface area contributed by atoms with Crippen molar-refractivity contribution in [1.29, 1.82) is 0 Å². The van der Waals surface area contributed by atoms with Crippen molar-refractivity contribution < 1.29 is 4.42 Å². The summed E-state index contributed by atoms with van der Waals surface area (Å²) in [6, 6.07) is 17.7. The monoisotopic (exact) mass is 265 g/mol. The maximum atomic E-state index is 5.80. The van der Waals surface area contributed by atoms with Crippen LogP contribution in [0.2, 0.25) is 0 Å². The molecule has 2 aromatic carbocycles. The number of benzene rings is 2. The highest BCUT2D eigenvalue weighted by atomic mass is 16.4. The highest BCUT2D eigenvalue weighted by Crippen LogP contribution is 2.30. The van der Waals surface area contributed by atoms with E-state index in [2.05, 4.69) is 10.2 Å². The van der Waals surface area contributed by atoms with Gasteiger partial charge in [0.15, 0.2) is 0 Å². The van der Waals surface area contributed by atoms with Crippen LogP contribution in [0.4, 0.5) is 5.69 Å². The van der Waals surface area contributed by atoms with E-state index in [4.69, 9.17) is 4.42 Å². The molecule has 100 valence electrons. The molecule has 3 aromatic rings. The van der Waals surface area contributed by atoms with Gasteiger partial charge in [-0.1, -0.05) is 30.3 Å². The van der Waals surface area contributed by atoms with Gasteiger partial charge < -0.3 is 9.32 Å². The molecule has 3 rings (SSSR count). The third kappa shape index (κ3) is 2.28. The van der Waals surface area contributed by atoms with Gasteiger partial charge >= 0.3 is 0 Å². The largest absolute Gasteiger partial charge is 0.416 e. The van der Waals surface area contributed by atoms with Crippen molar-refractivity contribution in [1.82, 2.24) is 10.2 Å². The Morgan fingerprint density at radius 3 is 2.20 bits per heavy atom. The number of hydrogen-bond donors (Lipinski definition) is 0. The Balaban J connectivity index is 2.03. The number of hydrogen-bond acceptors (Lipinski definition) is 4. The van der Waals surface area contributed by atoms with Crippen molar-refractivity contribution in [3.8, 4) is 22.9 Å². The topological polar surface area (TPSA) is 42.2 Å². The first kappa shape index (κ1) is 12.4. The van der Waals surface area contributed by atoms with Crippen LogP contribution in [0.25, 0.3) is 22.9 Å². The van der Waals surface area contributed by atoms with Gasteiger partial charge in [-0.05, 0) is 24.3 Å². The fourth-order valence-corrected chi connectivity index (χ4v) is 2.07. The molecular formula is C16H15N3O. The molecule has 4 heteroatoms. The molecule has 1 aromatic heterocycles. The Labute approximate surface area is 117 Å². The molecule has 0 atom stereocenters. The summed E-state index contributed by atoms with van der Waals surface area (Å²) in [6.07, 6.45) is 0. The molecule has 20 heavy (non-hydrogen) atoms. The maximum Gasteiger partial charge on any atom is 0.250 e. The summed E-state index contributed by atoms with van der Waals surface area (Å²) in [4.78, 5) is 2.03. The molecule has 0 aliphatic heterocycles. The summed E-state index contributed by atoms with van der Waals surface area (Å²) in [5, 5.41) is 8.29. The van der Waals surface area contributed by atoms with Gasteiger partial charge in [0.2, 0.25) is 11.8 Å². The third-order valence-corrected chi connectivity index (χ3v) is 3.06. The first-order valence-corrected chi connectivity index (χ1v) is 6.41. The van der Waals surface area contributed by atoms with Crippen LogP contribution in [0.3, 0.4) is 0 Å². The lowest BCUT2D eigenvalue weighted by atomic mass is 10.1. The lowest BCUT2D eigenvalue weighted by Crippen LogP contribution is -2.09. The molecule has 0 unspecified atom stereocenters. The fraction of sp³-hybridized carbons (Fsp3) is 0.125. The molecule has 0 spiro atoms.